The summed E-state index contributed by atoms with van der Waals surface area (Å²) in [7, 11) is 0.874. The highest BCUT2D eigenvalue weighted by atomic mass is 33.1. The molecule has 0 aliphatic carbocycles. The van der Waals surface area contributed by atoms with Crippen molar-refractivity contribution in [3.63, 3.8) is 0 Å². The van der Waals surface area contributed by atoms with Gasteiger partial charge in [0.25, 0.3) is 11.4 Å². The van der Waals surface area contributed by atoms with Crippen LogP contribution >= 0.6 is 20.3 Å². The van der Waals surface area contributed by atoms with Crippen molar-refractivity contribution in [2.45, 2.75) is 9.79 Å². The van der Waals surface area contributed by atoms with E-state index in [9.17, 15) is 20.2 Å². The Bertz CT molecular complexity index is 1100. The summed E-state index contributed by atoms with van der Waals surface area (Å²) in [5.74, 6) is 0. The fraction of sp³-hybridized carbons (Fsp3) is 0. The van der Waals surface area contributed by atoms with E-state index in [2.05, 4.69) is 0 Å². The molecule has 0 fully saturated rings. The van der Waals surface area contributed by atoms with Crippen LogP contribution in [-0.2, 0) is 0 Å². The molecule has 3 aromatic rings. The molecule has 10 heteroatoms. The lowest BCUT2D eigenvalue weighted by Gasteiger charge is -2.11. The van der Waals surface area contributed by atoms with E-state index >= 15 is 0 Å². The molecule has 0 spiro atoms. The number of anilines is 2. The Kier molecular flexibility index (Phi) is 6.15. The number of nitrogen functional groups attached to an aromatic ring is 2. The summed E-state index contributed by atoms with van der Waals surface area (Å²) in [6.45, 7) is 0. The number of nitro groups is 2. The van der Waals surface area contributed by atoms with Gasteiger partial charge in [0.1, 0.15) is 0 Å². The van der Waals surface area contributed by atoms with E-state index in [1.165, 1.54) is 22.9 Å². The Morgan fingerprint density at radius 1 is 0.828 bits per heavy atom. The summed E-state index contributed by atoms with van der Waals surface area (Å²) in [5.41, 5.74) is 12.4. The van der Waals surface area contributed by atoms with Gasteiger partial charge < -0.3 is 11.5 Å². The second-order valence-corrected chi connectivity index (χ2v) is 9.41. The van der Waals surface area contributed by atoms with Crippen molar-refractivity contribution in [2.24, 2.45) is 0 Å². The van der Waals surface area contributed by atoms with Gasteiger partial charge in [-0.2, -0.15) is 0 Å². The van der Waals surface area contributed by atoms with Crippen molar-refractivity contribution in [1.29, 1.82) is 0 Å². The molecule has 0 bridgehead atoms. The third kappa shape index (κ3) is 5.12. The van der Waals surface area contributed by atoms with Gasteiger partial charge in [0.2, 0.25) is 0 Å². The predicted molar refractivity (Wildman–Crippen MR) is 118 cm³/mol. The second-order valence-electron chi connectivity index (χ2n) is 5.89. The molecule has 0 saturated heterocycles. The molecule has 148 valence electrons. The molecule has 4 N–H and O–H groups in total. The fourth-order valence-corrected chi connectivity index (χ4v) is 5.99. The van der Waals surface area contributed by atoms with Gasteiger partial charge in [0.15, 0.2) is 0 Å². The van der Waals surface area contributed by atoms with Gasteiger partial charge in [-0.15, -0.1) is 0 Å². The maximum absolute atomic E-state index is 11.5. The Hall–Kier alpha value is -3.37. The SMILES string of the molecule is Nc1ccc(SS(=Cc2ccc([N+](=O)[O-])cc2[N+](=O)[O-])c2ccc(N)cc2)cc1. The summed E-state index contributed by atoms with van der Waals surface area (Å²) in [6, 6.07) is 18.2. The van der Waals surface area contributed by atoms with Crippen LogP contribution in [0.1, 0.15) is 5.56 Å². The molecule has 0 aliphatic rings. The van der Waals surface area contributed by atoms with E-state index in [4.69, 9.17) is 11.5 Å². The molecule has 1 atom stereocenters. The lowest BCUT2D eigenvalue weighted by atomic mass is 10.2. The van der Waals surface area contributed by atoms with Crippen molar-refractivity contribution >= 4 is 48.4 Å². The quantitative estimate of drug-likeness (QED) is 0.188. The first-order valence-corrected chi connectivity index (χ1v) is 10.9. The first kappa shape index (κ1) is 20.4. The molecule has 8 nitrogen and oxygen atoms in total. The maximum Gasteiger partial charge on any atom is 0.283 e. The number of nitro benzene ring substituents is 2. The number of nitrogens with two attached hydrogens (primary N) is 2. The van der Waals surface area contributed by atoms with E-state index in [0.717, 1.165) is 15.9 Å². The van der Waals surface area contributed by atoms with Gasteiger partial charge in [0.05, 0.1) is 21.5 Å². The predicted octanol–water partition coefficient (Wildman–Crippen LogP) is 4.85. The zero-order valence-corrected chi connectivity index (χ0v) is 16.6. The first-order valence-electron chi connectivity index (χ1n) is 8.23. The topological polar surface area (TPSA) is 138 Å². The van der Waals surface area contributed by atoms with Gasteiger partial charge in [-0.1, -0.05) is 20.3 Å². The van der Waals surface area contributed by atoms with Gasteiger partial charge >= 0.3 is 0 Å². The Morgan fingerprint density at radius 3 is 1.97 bits per heavy atom. The van der Waals surface area contributed by atoms with Crippen LogP contribution < -0.4 is 11.5 Å². The van der Waals surface area contributed by atoms with Crippen LogP contribution in [0.2, 0.25) is 0 Å². The van der Waals surface area contributed by atoms with Gasteiger partial charge in [-0.3, -0.25) is 20.2 Å². The van der Waals surface area contributed by atoms with Crippen molar-refractivity contribution in [3.8, 4) is 0 Å². The number of nitrogens with zero attached hydrogens (tertiary/aromatic N) is 2. The van der Waals surface area contributed by atoms with Crippen LogP contribution in [0.3, 0.4) is 0 Å². The zero-order valence-electron chi connectivity index (χ0n) is 14.9. The fourth-order valence-electron chi connectivity index (χ4n) is 2.39. The number of non-ortho nitro benzene ring substituents is 1. The van der Waals surface area contributed by atoms with Crippen LogP contribution in [0.25, 0.3) is 0 Å². The van der Waals surface area contributed by atoms with Crippen molar-refractivity contribution < 1.29 is 9.85 Å². The summed E-state index contributed by atoms with van der Waals surface area (Å²) in [5, 5.41) is 24.2. The summed E-state index contributed by atoms with van der Waals surface area (Å²) < 4.78 is 0. The van der Waals surface area contributed by atoms with Gasteiger partial charge in [-0.25, -0.2) is 0 Å². The van der Waals surface area contributed by atoms with Crippen LogP contribution in [0.15, 0.2) is 76.5 Å². The summed E-state index contributed by atoms with van der Waals surface area (Å²) in [4.78, 5) is 23.0. The molecule has 0 amide bonds. The Labute approximate surface area is 172 Å². The standard InChI is InChI=1S/C19H16N4O4S2/c20-14-2-7-17(8-3-14)28-29(18-9-4-15(21)5-10-18)12-13-1-6-16(22(24)25)11-19(13)23(26)27/h1-12H,20-21H2. The second kappa shape index (κ2) is 8.76. The van der Waals surface area contributed by atoms with E-state index in [-0.39, 0.29) is 11.4 Å². The summed E-state index contributed by atoms with van der Waals surface area (Å²) in [6.07, 6.45) is 0. The summed E-state index contributed by atoms with van der Waals surface area (Å²) >= 11 is 0. The third-order valence-corrected chi connectivity index (χ3v) is 7.67. The molecular formula is C19H16N4O4S2. The highest BCUT2D eigenvalue weighted by molar-refractivity contribution is 8.83. The Balaban J connectivity index is 2.11. The van der Waals surface area contributed by atoms with E-state index < -0.39 is 19.4 Å². The molecule has 0 aliphatic heterocycles. The molecule has 0 heterocycles. The van der Waals surface area contributed by atoms with Crippen molar-refractivity contribution in [1.82, 2.24) is 0 Å². The molecular weight excluding hydrogens is 412 g/mol. The van der Waals surface area contributed by atoms with Crippen LogP contribution in [0.4, 0.5) is 22.7 Å². The minimum absolute atomic E-state index is 0.309. The zero-order chi connectivity index (χ0) is 21.0. The molecule has 0 saturated carbocycles. The Morgan fingerprint density at radius 2 is 1.41 bits per heavy atom. The van der Waals surface area contributed by atoms with E-state index in [0.29, 0.717) is 16.9 Å². The third-order valence-electron chi connectivity index (χ3n) is 3.83. The lowest BCUT2D eigenvalue weighted by Crippen LogP contribution is -1.97. The molecule has 29 heavy (non-hydrogen) atoms. The van der Waals surface area contributed by atoms with E-state index in [1.807, 2.05) is 24.3 Å². The van der Waals surface area contributed by atoms with Crippen molar-refractivity contribution in [3.05, 3.63) is 92.5 Å². The highest BCUT2D eigenvalue weighted by Crippen LogP contribution is 2.45. The van der Waals surface area contributed by atoms with Gasteiger partial charge in [-0.05, 0) is 60.0 Å². The van der Waals surface area contributed by atoms with Crippen LogP contribution in [-0.4, -0.2) is 15.2 Å². The molecule has 3 rings (SSSR count). The number of hydrogen-bond acceptors (Lipinski definition) is 7. The molecule has 0 aromatic heterocycles. The van der Waals surface area contributed by atoms with Gasteiger partial charge in [0, 0.05) is 27.2 Å². The minimum atomic E-state index is -0.653. The largest absolute Gasteiger partial charge is 0.399 e. The molecule has 3 aromatic carbocycles. The highest BCUT2D eigenvalue weighted by Gasteiger charge is 2.19. The smallest absolute Gasteiger partial charge is 0.283 e. The average molecular weight is 428 g/mol. The monoisotopic (exact) mass is 428 g/mol. The molecule has 1 unspecified atom stereocenters. The minimum Gasteiger partial charge on any atom is -0.399 e. The number of benzene rings is 3. The number of hydrogen-bond donors (Lipinski definition) is 2. The lowest BCUT2D eigenvalue weighted by molar-refractivity contribution is -0.394. The van der Waals surface area contributed by atoms with Crippen LogP contribution in [0.5, 0.6) is 0 Å². The number of rotatable bonds is 6. The van der Waals surface area contributed by atoms with E-state index in [1.54, 1.807) is 29.6 Å². The average Bonchev–Trinajstić information content (AvgIpc) is 2.69. The van der Waals surface area contributed by atoms with Crippen LogP contribution in [0, 0.1) is 20.2 Å². The first-order chi connectivity index (χ1) is 13.8. The maximum atomic E-state index is 11.5. The normalized spacial score (nSPS) is 11.9. The van der Waals surface area contributed by atoms with Crippen molar-refractivity contribution in [2.75, 3.05) is 11.5 Å². The molecule has 0 radical (unpaired) electrons.